The Hall–Kier alpha value is -0.340. The third-order valence-corrected chi connectivity index (χ3v) is 3.00. The van der Waals surface area contributed by atoms with Crippen LogP contribution in [0.2, 0.25) is 0 Å². The van der Waals surface area contributed by atoms with Crippen molar-refractivity contribution in [3.05, 3.63) is 33.8 Å². The van der Waals surface area contributed by atoms with Gasteiger partial charge in [-0.15, -0.1) is 0 Å². The van der Waals surface area contributed by atoms with Crippen molar-refractivity contribution in [2.75, 3.05) is 0 Å². The van der Waals surface area contributed by atoms with Crippen molar-refractivity contribution in [1.82, 2.24) is 0 Å². The summed E-state index contributed by atoms with van der Waals surface area (Å²) in [5.41, 5.74) is 8.51. The summed E-state index contributed by atoms with van der Waals surface area (Å²) < 4.78 is 1.13. The first-order valence-electron chi connectivity index (χ1n) is 4.54. The van der Waals surface area contributed by atoms with Crippen LogP contribution in [0.15, 0.2) is 22.7 Å². The van der Waals surface area contributed by atoms with Gasteiger partial charge in [0.2, 0.25) is 0 Å². The van der Waals surface area contributed by atoms with Gasteiger partial charge < -0.3 is 5.73 Å². The van der Waals surface area contributed by atoms with Gasteiger partial charge in [0.05, 0.1) is 0 Å². The Balaban J connectivity index is 3.01. The van der Waals surface area contributed by atoms with Gasteiger partial charge >= 0.3 is 0 Å². The van der Waals surface area contributed by atoms with Crippen molar-refractivity contribution < 1.29 is 0 Å². The normalized spacial score (nSPS) is 15.5. The van der Waals surface area contributed by atoms with Crippen molar-refractivity contribution in [2.45, 2.75) is 32.7 Å². The molecular formula is C11H16BrN. The summed E-state index contributed by atoms with van der Waals surface area (Å²) in [6, 6.07) is 6.56. The molecule has 0 fully saturated rings. The molecule has 0 aliphatic rings. The zero-order valence-electron chi connectivity index (χ0n) is 8.34. The molecule has 2 N–H and O–H groups in total. The molecule has 0 radical (unpaired) electrons. The smallest absolute Gasteiger partial charge is 0.0178 e. The molecule has 0 heterocycles. The van der Waals surface area contributed by atoms with Gasteiger partial charge in [0.25, 0.3) is 0 Å². The van der Waals surface area contributed by atoms with Crippen LogP contribution in [0.5, 0.6) is 0 Å². The molecule has 2 unspecified atom stereocenters. The standard InChI is InChI=1S/C11H16BrN/c1-7-6-10(12)4-5-11(7)8(2)9(3)13/h4-6,8-9H,13H2,1-3H3. The predicted molar refractivity (Wildman–Crippen MR) is 60.9 cm³/mol. The second-order valence-electron chi connectivity index (χ2n) is 3.65. The molecule has 0 saturated carbocycles. The van der Waals surface area contributed by atoms with Crippen LogP contribution >= 0.6 is 15.9 Å². The molecule has 0 saturated heterocycles. The zero-order chi connectivity index (χ0) is 10.0. The maximum absolute atomic E-state index is 5.86. The molecule has 2 atom stereocenters. The summed E-state index contributed by atoms with van der Waals surface area (Å²) in [5, 5.41) is 0. The van der Waals surface area contributed by atoms with E-state index in [1.165, 1.54) is 11.1 Å². The highest BCUT2D eigenvalue weighted by atomic mass is 79.9. The quantitative estimate of drug-likeness (QED) is 0.846. The van der Waals surface area contributed by atoms with E-state index in [1.807, 2.05) is 6.92 Å². The number of aryl methyl sites for hydroxylation is 1. The molecule has 72 valence electrons. The topological polar surface area (TPSA) is 26.0 Å². The summed E-state index contributed by atoms with van der Waals surface area (Å²) in [7, 11) is 0. The van der Waals surface area contributed by atoms with Gasteiger partial charge in [-0.1, -0.05) is 28.9 Å². The zero-order valence-corrected chi connectivity index (χ0v) is 9.93. The second-order valence-corrected chi connectivity index (χ2v) is 4.56. The molecule has 0 aliphatic carbocycles. The van der Waals surface area contributed by atoms with E-state index in [4.69, 9.17) is 5.73 Å². The lowest BCUT2D eigenvalue weighted by molar-refractivity contribution is 0.610. The van der Waals surface area contributed by atoms with Crippen LogP contribution in [0, 0.1) is 6.92 Å². The third-order valence-electron chi connectivity index (χ3n) is 2.51. The molecule has 1 rings (SSSR count). The van der Waals surface area contributed by atoms with Crippen LogP contribution in [0.3, 0.4) is 0 Å². The Bertz CT molecular complexity index is 294. The lowest BCUT2D eigenvalue weighted by Gasteiger charge is -2.18. The van der Waals surface area contributed by atoms with Gasteiger partial charge in [0, 0.05) is 10.5 Å². The van der Waals surface area contributed by atoms with Crippen molar-refractivity contribution >= 4 is 15.9 Å². The van der Waals surface area contributed by atoms with E-state index >= 15 is 0 Å². The fourth-order valence-corrected chi connectivity index (χ4v) is 1.91. The monoisotopic (exact) mass is 241 g/mol. The first-order valence-corrected chi connectivity index (χ1v) is 5.33. The van der Waals surface area contributed by atoms with Gasteiger partial charge in [-0.25, -0.2) is 0 Å². The number of hydrogen-bond donors (Lipinski definition) is 1. The number of benzene rings is 1. The van der Waals surface area contributed by atoms with Crippen LogP contribution in [-0.4, -0.2) is 6.04 Å². The molecule has 0 aromatic heterocycles. The van der Waals surface area contributed by atoms with Crippen LogP contribution < -0.4 is 5.73 Å². The average molecular weight is 242 g/mol. The highest BCUT2D eigenvalue weighted by Gasteiger charge is 2.12. The molecule has 0 aliphatic heterocycles. The lowest BCUT2D eigenvalue weighted by atomic mass is 9.92. The largest absolute Gasteiger partial charge is 0.327 e. The summed E-state index contributed by atoms with van der Waals surface area (Å²) in [6.45, 7) is 6.34. The van der Waals surface area contributed by atoms with E-state index < -0.39 is 0 Å². The van der Waals surface area contributed by atoms with Crippen molar-refractivity contribution in [3.8, 4) is 0 Å². The van der Waals surface area contributed by atoms with Crippen LogP contribution in [0.4, 0.5) is 0 Å². The minimum Gasteiger partial charge on any atom is -0.327 e. The summed E-state index contributed by atoms with van der Waals surface area (Å²) in [5.74, 6) is 0.424. The highest BCUT2D eigenvalue weighted by molar-refractivity contribution is 9.10. The van der Waals surface area contributed by atoms with E-state index in [9.17, 15) is 0 Å². The number of rotatable bonds is 2. The molecular weight excluding hydrogens is 226 g/mol. The Morgan fingerprint density at radius 1 is 1.31 bits per heavy atom. The van der Waals surface area contributed by atoms with Crippen LogP contribution in [0.25, 0.3) is 0 Å². The molecule has 1 aromatic rings. The van der Waals surface area contributed by atoms with Gasteiger partial charge in [0.1, 0.15) is 0 Å². The van der Waals surface area contributed by atoms with E-state index in [1.54, 1.807) is 0 Å². The van der Waals surface area contributed by atoms with E-state index in [0.717, 1.165) is 4.47 Å². The summed E-state index contributed by atoms with van der Waals surface area (Å²) >= 11 is 3.45. The Morgan fingerprint density at radius 2 is 1.92 bits per heavy atom. The minimum atomic E-state index is 0.208. The van der Waals surface area contributed by atoms with Gasteiger partial charge in [-0.2, -0.15) is 0 Å². The number of nitrogens with two attached hydrogens (primary N) is 1. The Kier molecular flexibility index (Phi) is 3.51. The number of hydrogen-bond acceptors (Lipinski definition) is 1. The molecule has 0 bridgehead atoms. The van der Waals surface area contributed by atoms with Gasteiger partial charge in [-0.3, -0.25) is 0 Å². The number of halogens is 1. The van der Waals surface area contributed by atoms with Crippen molar-refractivity contribution in [2.24, 2.45) is 5.73 Å². The molecule has 1 aromatic carbocycles. The van der Waals surface area contributed by atoms with Crippen LogP contribution in [0.1, 0.15) is 30.9 Å². The maximum Gasteiger partial charge on any atom is 0.0178 e. The van der Waals surface area contributed by atoms with Crippen molar-refractivity contribution in [1.29, 1.82) is 0 Å². The van der Waals surface area contributed by atoms with Gasteiger partial charge in [-0.05, 0) is 43.0 Å². The first-order chi connectivity index (χ1) is 6.02. The third kappa shape index (κ3) is 2.55. The average Bonchev–Trinajstić information content (AvgIpc) is 2.03. The van der Waals surface area contributed by atoms with Gasteiger partial charge in [0.15, 0.2) is 0 Å². The van der Waals surface area contributed by atoms with E-state index in [2.05, 4.69) is 48.0 Å². The Morgan fingerprint density at radius 3 is 2.38 bits per heavy atom. The molecule has 13 heavy (non-hydrogen) atoms. The SMILES string of the molecule is Cc1cc(Br)ccc1C(C)C(C)N. The first kappa shape index (κ1) is 10.7. The Labute approximate surface area is 88.5 Å². The molecule has 0 spiro atoms. The summed E-state index contributed by atoms with van der Waals surface area (Å²) in [6.07, 6.45) is 0. The van der Waals surface area contributed by atoms with Crippen molar-refractivity contribution in [3.63, 3.8) is 0 Å². The molecule has 2 heteroatoms. The second kappa shape index (κ2) is 4.25. The molecule has 0 amide bonds. The highest BCUT2D eigenvalue weighted by Crippen LogP contribution is 2.24. The summed E-state index contributed by atoms with van der Waals surface area (Å²) in [4.78, 5) is 0. The van der Waals surface area contributed by atoms with E-state index in [0.29, 0.717) is 5.92 Å². The fourth-order valence-electron chi connectivity index (χ4n) is 1.43. The van der Waals surface area contributed by atoms with E-state index in [-0.39, 0.29) is 6.04 Å². The lowest BCUT2D eigenvalue weighted by Crippen LogP contribution is -2.22. The van der Waals surface area contributed by atoms with Crippen LogP contribution in [-0.2, 0) is 0 Å². The molecule has 1 nitrogen and oxygen atoms in total. The predicted octanol–water partition coefficient (Wildman–Crippen LogP) is 3.21. The minimum absolute atomic E-state index is 0.208. The maximum atomic E-state index is 5.86. The fraction of sp³-hybridized carbons (Fsp3) is 0.455.